The van der Waals surface area contributed by atoms with Gasteiger partial charge in [-0.05, 0) is 19.3 Å². The molecule has 0 amide bonds. The summed E-state index contributed by atoms with van der Waals surface area (Å²) in [4.78, 5) is 11.6. The van der Waals surface area contributed by atoms with Crippen LogP contribution in [-0.4, -0.2) is 56.2 Å². The van der Waals surface area contributed by atoms with Crippen molar-refractivity contribution in [2.75, 3.05) is 20.0 Å². The van der Waals surface area contributed by atoms with E-state index in [9.17, 15) is 35.3 Å². The van der Waals surface area contributed by atoms with Crippen LogP contribution in [0.5, 0.6) is 0 Å². The number of carbonyl (C=O) groups is 1. The Balaban J connectivity index is 2.22. The molecule has 0 saturated heterocycles. The zero-order valence-electron chi connectivity index (χ0n) is 15.1. The van der Waals surface area contributed by atoms with Crippen molar-refractivity contribution in [2.45, 2.75) is 62.2 Å². The first-order valence-corrected chi connectivity index (χ1v) is 10.0. The number of hydrogen-bond donors (Lipinski definition) is 0. The van der Waals surface area contributed by atoms with Crippen LogP contribution in [0.2, 0.25) is 0 Å². The van der Waals surface area contributed by atoms with E-state index in [-0.39, 0.29) is 18.5 Å². The Kier molecular flexibility index (Phi) is 9.31. The SMILES string of the molecule is C=C(COCCCC(F)(F)C(F)(F)S(=O)(=O)[O-])C(=O)OCOC1CCCCC1. The molecule has 0 radical (unpaired) electrons. The van der Waals surface area contributed by atoms with Crippen LogP contribution in [0.25, 0.3) is 0 Å². The normalized spacial score (nSPS) is 16.8. The molecule has 0 aromatic carbocycles. The van der Waals surface area contributed by atoms with Crippen molar-refractivity contribution in [3.63, 3.8) is 0 Å². The van der Waals surface area contributed by atoms with E-state index in [4.69, 9.17) is 14.2 Å². The van der Waals surface area contributed by atoms with Gasteiger partial charge in [-0.1, -0.05) is 25.8 Å². The molecule has 1 fully saturated rings. The molecule has 0 aromatic rings. The van der Waals surface area contributed by atoms with Crippen molar-refractivity contribution >= 4 is 16.1 Å². The summed E-state index contributed by atoms with van der Waals surface area (Å²) < 4.78 is 98.1. The van der Waals surface area contributed by atoms with Gasteiger partial charge in [0.1, 0.15) is 0 Å². The smallest absolute Gasteiger partial charge is 0.396 e. The number of ether oxygens (including phenoxy) is 3. The molecular formula is C16H23F4O7S-. The summed E-state index contributed by atoms with van der Waals surface area (Å²) >= 11 is 0. The number of alkyl halides is 4. The molecular weight excluding hydrogens is 412 g/mol. The third-order valence-electron chi connectivity index (χ3n) is 4.13. The minimum absolute atomic E-state index is 0.0313. The lowest BCUT2D eigenvalue weighted by Gasteiger charge is -2.28. The van der Waals surface area contributed by atoms with Crippen molar-refractivity contribution in [1.29, 1.82) is 0 Å². The molecule has 164 valence electrons. The Morgan fingerprint density at radius 1 is 1.14 bits per heavy atom. The summed E-state index contributed by atoms with van der Waals surface area (Å²) in [6.45, 7) is 2.25. The van der Waals surface area contributed by atoms with E-state index < -0.39 is 53.3 Å². The van der Waals surface area contributed by atoms with E-state index in [2.05, 4.69) is 6.58 Å². The molecule has 1 aliphatic carbocycles. The van der Waals surface area contributed by atoms with Crippen molar-refractivity contribution in [2.24, 2.45) is 0 Å². The second kappa shape index (κ2) is 10.5. The maximum Gasteiger partial charge on any atom is 0.396 e. The summed E-state index contributed by atoms with van der Waals surface area (Å²) in [6, 6.07) is 0. The number of esters is 1. The molecule has 0 bridgehead atoms. The maximum atomic E-state index is 13.2. The second-order valence-electron chi connectivity index (χ2n) is 6.41. The lowest BCUT2D eigenvalue weighted by atomic mass is 9.98. The molecule has 12 heteroatoms. The topological polar surface area (TPSA) is 102 Å². The van der Waals surface area contributed by atoms with E-state index in [1.54, 1.807) is 0 Å². The van der Waals surface area contributed by atoms with Crippen LogP contribution in [0.1, 0.15) is 44.9 Å². The van der Waals surface area contributed by atoms with E-state index in [0.29, 0.717) is 0 Å². The van der Waals surface area contributed by atoms with Crippen LogP contribution in [-0.2, 0) is 29.1 Å². The van der Waals surface area contributed by atoms with Crippen LogP contribution >= 0.6 is 0 Å². The zero-order valence-corrected chi connectivity index (χ0v) is 15.9. The Labute approximate surface area is 160 Å². The average molecular weight is 435 g/mol. The third kappa shape index (κ3) is 7.30. The highest BCUT2D eigenvalue weighted by atomic mass is 32.2. The number of carbonyl (C=O) groups excluding carboxylic acids is 1. The van der Waals surface area contributed by atoms with Gasteiger partial charge in [-0.25, -0.2) is 13.2 Å². The lowest BCUT2D eigenvalue weighted by Crippen LogP contribution is -2.46. The fraction of sp³-hybridized carbons (Fsp3) is 0.812. The Bertz CT molecular complexity index is 631. The van der Waals surface area contributed by atoms with Gasteiger partial charge >= 0.3 is 17.1 Å². The van der Waals surface area contributed by atoms with Crippen LogP contribution in [0.4, 0.5) is 17.6 Å². The molecule has 0 heterocycles. The molecule has 1 saturated carbocycles. The van der Waals surface area contributed by atoms with Gasteiger partial charge in [0.2, 0.25) is 0 Å². The van der Waals surface area contributed by atoms with Gasteiger partial charge in [0, 0.05) is 13.0 Å². The maximum absolute atomic E-state index is 13.2. The Morgan fingerprint density at radius 3 is 2.32 bits per heavy atom. The first-order chi connectivity index (χ1) is 12.9. The highest BCUT2D eigenvalue weighted by Crippen LogP contribution is 2.41. The van der Waals surface area contributed by atoms with Gasteiger partial charge in [-0.2, -0.15) is 17.6 Å². The van der Waals surface area contributed by atoms with Gasteiger partial charge in [-0.3, -0.25) is 0 Å². The van der Waals surface area contributed by atoms with Crippen molar-refractivity contribution in [3.05, 3.63) is 12.2 Å². The first kappa shape index (κ1) is 24.8. The molecule has 0 atom stereocenters. The highest BCUT2D eigenvalue weighted by molar-refractivity contribution is 7.86. The summed E-state index contributed by atoms with van der Waals surface area (Å²) in [5, 5.41) is -5.72. The van der Waals surface area contributed by atoms with Gasteiger partial charge in [0.25, 0.3) is 0 Å². The average Bonchev–Trinajstić information content (AvgIpc) is 2.60. The molecule has 28 heavy (non-hydrogen) atoms. The van der Waals surface area contributed by atoms with E-state index in [0.717, 1.165) is 32.1 Å². The van der Waals surface area contributed by atoms with E-state index in [1.807, 2.05) is 0 Å². The van der Waals surface area contributed by atoms with Crippen LogP contribution in [0.15, 0.2) is 12.2 Å². The standard InChI is InChI=1S/C16H24F4O7S/c1-12(14(21)27-11-26-13-6-3-2-4-7-13)10-25-9-5-8-15(17,18)16(19,20)28(22,23)24/h13H,1-11H2,(H,22,23,24)/p-1. The predicted octanol–water partition coefficient (Wildman–Crippen LogP) is 2.96. The van der Waals surface area contributed by atoms with E-state index in [1.165, 1.54) is 0 Å². The second-order valence-corrected chi connectivity index (χ2v) is 7.83. The van der Waals surface area contributed by atoms with E-state index >= 15 is 0 Å². The molecule has 1 aliphatic rings. The highest BCUT2D eigenvalue weighted by Gasteiger charge is 2.60. The number of rotatable bonds is 12. The summed E-state index contributed by atoms with van der Waals surface area (Å²) in [5.41, 5.74) is -0.133. The van der Waals surface area contributed by atoms with Crippen molar-refractivity contribution in [3.8, 4) is 0 Å². The van der Waals surface area contributed by atoms with Crippen molar-refractivity contribution < 1.29 is 49.5 Å². The van der Waals surface area contributed by atoms with Crippen molar-refractivity contribution in [1.82, 2.24) is 0 Å². The van der Waals surface area contributed by atoms with Gasteiger partial charge in [-0.15, -0.1) is 0 Å². The quantitative estimate of drug-likeness (QED) is 0.116. The van der Waals surface area contributed by atoms with Gasteiger partial charge in [0.05, 0.1) is 18.3 Å². The molecule has 0 unspecified atom stereocenters. The summed E-state index contributed by atoms with van der Waals surface area (Å²) in [5.74, 6) is -5.85. The fourth-order valence-electron chi connectivity index (χ4n) is 2.50. The predicted molar refractivity (Wildman–Crippen MR) is 87.7 cm³/mol. The molecule has 0 N–H and O–H groups in total. The molecule has 1 rings (SSSR count). The van der Waals surface area contributed by atoms with Crippen LogP contribution < -0.4 is 0 Å². The zero-order chi connectivity index (χ0) is 21.4. The number of halogens is 4. The largest absolute Gasteiger partial charge is 0.743 e. The summed E-state index contributed by atoms with van der Waals surface area (Å²) in [6.07, 6.45) is 2.78. The molecule has 0 aliphatic heterocycles. The monoisotopic (exact) mass is 435 g/mol. The van der Waals surface area contributed by atoms with Gasteiger partial charge in [0.15, 0.2) is 16.9 Å². The minimum Gasteiger partial charge on any atom is -0.743 e. The minimum atomic E-state index is -6.51. The van der Waals surface area contributed by atoms with Gasteiger partial charge < -0.3 is 18.8 Å². The van der Waals surface area contributed by atoms with Crippen LogP contribution in [0, 0.1) is 0 Å². The molecule has 0 aromatic heterocycles. The molecule has 0 spiro atoms. The third-order valence-corrected chi connectivity index (χ3v) is 5.06. The summed E-state index contributed by atoms with van der Waals surface area (Å²) in [7, 11) is -6.51. The Morgan fingerprint density at radius 2 is 1.75 bits per heavy atom. The lowest BCUT2D eigenvalue weighted by molar-refractivity contribution is -0.166. The Hall–Kier alpha value is -1.24. The fourth-order valence-corrected chi connectivity index (χ4v) is 2.96. The molecule has 7 nitrogen and oxygen atoms in total. The van der Waals surface area contributed by atoms with Crippen LogP contribution in [0.3, 0.4) is 0 Å². The first-order valence-electron chi connectivity index (χ1n) is 8.64. The number of hydrogen-bond acceptors (Lipinski definition) is 7.